The topological polar surface area (TPSA) is 132 Å². The van der Waals surface area contributed by atoms with Crippen LogP contribution in [0.15, 0.2) is 52.9 Å². The van der Waals surface area contributed by atoms with Crippen molar-refractivity contribution >= 4 is 56.7 Å². The summed E-state index contributed by atoms with van der Waals surface area (Å²) >= 11 is 6.24. The van der Waals surface area contributed by atoms with Crippen molar-refractivity contribution in [3.63, 3.8) is 0 Å². The van der Waals surface area contributed by atoms with Gasteiger partial charge in [-0.05, 0) is 78.4 Å². The summed E-state index contributed by atoms with van der Waals surface area (Å²) < 4.78 is 50.5. The fourth-order valence-electron chi connectivity index (χ4n) is 4.70. The van der Waals surface area contributed by atoms with Gasteiger partial charge >= 0.3 is 5.97 Å². The van der Waals surface area contributed by atoms with Gasteiger partial charge < -0.3 is 20.2 Å². The third-order valence-electron chi connectivity index (χ3n) is 6.86. The van der Waals surface area contributed by atoms with Gasteiger partial charge in [-0.3, -0.25) is 9.10 Å². The number of methoxy groups -OCH3 is 1. The van der Waals surface area contributed by atoms with E-state index in [0.717, 1.165) is 22.7 Å². The van der Waals surface area contributed by atoms with Crippen LogP contribution < -0.4 is 15.4 Å². The highest BCUT2D eigenvalue weighted by molar-refractivity contribution is 7.74. The van der Waals surface area contributed by atoms with Crippen LogP contribution in [0.4, 0.5) is 15.8 Å². The quantitative estimate of drug-likeness (QED) is 0.150. The maximum Gasteiger partial charge on any atom is 0.340 e. The van der Waals surface area contributed by atoms with Crippen LogP contribution in [0.3, 0.4) is 0 Å². The summed E-state index contributed by atoms with van der Waals surface area (Å²) in [5.41, 5.74) is 8.70. The first-order valence-electron chi connectivity index (χ1n) is 12.3. The Morgan fingerprint density at radius 2 is 1.88 bits per heavy atom. The molecule has 3 N–H and O–H groups in total. The van der Waals surface area contributed by atoms with Crippen molar-refractivity contribution in [1.29, 1.82) is 0 Å². The van der Waals surface area contributed by atoms with Crippen LogP contribution in [0.25, 0.3) is 22.3 Å². The van der Waals surface area contributed by atoms with E-state index >= 15 is 0 Å². The van der Waals surface area contributed by atoms with Crippen molar-refractivity contribution in [2.75, 3.05) is 24.2 Å². The molecule has 208 valence electrons. The molecule has 0 unspecified atom stereocenters. The maximum atomic E-state index is 13.6. The van der Waals surface area contributed by atoms with Crippen LogP contribution in [0.2, 0.25) is 5.02 Å². The van der Waals surface area contributed by atoms with E-state index in [2.05, 4.69) is 5.32 Å². The Labute approximate surface area is 235 Å². The summed E-state index contributed by atoms with van der Waals surface area (Å²) in [5, 5.41) is 3.20. The fraction of sp³-hybridized carbons (Fsp3) is 0.214. The molecule has 3 aromatic carbocycles. The minimum Gasteiger partial charge on any atom is -0.465 e. The van der Waals surface area contributed by atoms with Crippen molar-refractivity contribution in [3.05, 3.63) is 81.6 Å². The Morgan fingerprint density at radius 3 is 2.48 bits per heavy atom. The fourth-order valence-corrected chi connectivity index (χ4v) is 5.49. The molecule has 0 aliphatic heterocycles. The van der Waals surface area contributed by atoms with Gasteiger partial charge in [0.25, 0.3) is 5.91 Å². The van der Waals surface area contributed by atoms with Gasteiger partial charge in [-0.15, -0.1) is 0 Å². The average molecular weight is 586 g/mol. The van der Waals surface area contributed by atoms with Gasteiger partial charge in [-0.25, -0.2) is 17.6 Å². The third-order valence-corrected chi connectivity index (χ3v) is 7.94. The number of amides is 1. The van der Waals surface area contributed by atoms with E-state index in [1.54, 1.807) is 6.07 Å². The number of carbonyl (C=O) groups is 2. The summed E-state index contributed by atoms with van der Waals surface area (Å²) in [5.74, 6) is -1.11. The summed E-state index contributed by atoms with van der Waals surface area (Å²) in [6.45, 7) is -0.0940. The van der Waals surface area contributed by atoms with Crippen LogP contribution in [0.5, 0.6) is 0 Å². The number of hydrogen-bond acceptors (Lipinski definition) is 7. The number of anilines is 2. The van der Waals surface area contributed by atoms with Gasteiger partial charge in [0.1, 0.15) is 17.2 Å². The third kappa shape index (κ3) is 5.09. The highest BCUT2D eigenvalue weighted by atomic mass is 35.5. The van der Waals surface area contributed by atoms with E-state index in [1.165, 1.54) is 50.6 Å². The molecule has 12 heteroatoms. The van der Waals surface area contributed by atoms with E-state index in [9.17, 15) is 22.4 Å². The van der Waals surface area contributed by atoms with Crippen molar-refractivity contribution in [2.24, 2.45) is 0 Å². The Balaban J connectivity index is 1.66. The van der Waals surface area contributed by atoms with Crippen LogP contribution >= 0.6 is 11.6 Å². The lowest BCUT2D eigenvalue weighted by molar-refractivity contribution is 0.0601. The number of thiol groups is 1. The zero-order valence-electron chi connectivity index (χ0n) is 21.5. The molecule has 9 nitrogen and oxygen atoms in total. The van der Waals surface area contributed by atoms with Crippen LogP contribution in [0.1, 0.15) is 50.6 Å². The van der Waals surface area contributed by atoms with Gasteiger partial charge in [0, 0.05) is 18.0 Å². The molecule has 0 saturated heterocycles. The molecule has 1 amide bonds. The number of hydrogen-bond donors (Lipinski definition) is 3. The smallest absolute Gasteiger partial charge is 0.340 e. The minimum absolute atomic E-state index is 0.00260. The molecular weight excluding hydrogens is 561 g/mol. The monoisotopic (exact) mass is 585 g/mol. The number of nitrogens with two attached hydrogens (primary N) is 1. The number of esters is 1. The predicted octanol–water partition coefficient (Wildman–Crippen LogP) is 5.03. The largest absolute Gasteiger partial charge is 0.465 e. The zero-order valence-corrected chi connectivity index (χ0v) is 23.1. The lowest BCUT2D eigenvalue weighted by Crippen LogP contribution is -2.22. The molecule has 0 spiro atoms. The molecule has 1 saturated carbocycles. The van der Waals surface area contributed by atoms with Gasteiger partial charge in [0.15, 0.2) is 0 Å². The Morgan fingerprint density at radius 1 is 1.18 bits per heavy atom. The van der Waals surface area contributed by atoms with Crippen molar-refractivity contribution in [3.8, 4) is 11.3 Å². The van der Waals surface area contributed by atoms with Crippen LogP contribution in [-0.4, -0.2) is 34.5 Å². The van der Waals surface area contributed by atoms with E-state index in [4.69, 9.17) is 26.5 Å². The first-order valence-corrected chi connectivity index (χ1v) is 13.8. The molecule has 40 heavy (non-hydrogen) atoms. The molecule has 4 aromatic rings. The second-order valence-corrected chi connectivity index (χ2v) is 10.8. The zero-order chi connectivity index (χ0) is 28.7. The molecule has 5 rings (SSSR count). The van der Waals surface area contributed by atoms with E-state index in [1.807, 2.05) is 6.07 Å². The molecular formula is C28H25ClFN3O6S. The van der Waals surface area contributed by atoms with Crippen LogP contribution in [-0.2, 0) is 22.2 Å². The minimum atomic E-state index is -3.18. The second-order valence-electron chi connectivity index (χ2n) is 9.39. The highest BCUT2D eigenvalue weighted by Crippen LogP contribution is 2.45. The first kappa shape index (κ1) is 27.5. The second kappa shape index (κ2) is 10.8. The molecule has 0 atom stereocenters. The Kier molecular flexibility index (Phi) is 7.43. The Bertz CT molecular complexity index is 1720. The summed E-state index contributed by atoms with van der Waals surface area (Å²) in [6.07, 6.45) is 1.81. The van der Waals surface area contributed by atoms with E-state index in [0.29, 0.717) is 27.7 Å². The SMILES string of the molecule is CNC(=O)c1c(-c2ccc(F)cc2)oc2cc(CN(c3cc(Cl)c(N)c(C(=O)OC)c3)[SH](=O)=O)c(C3CC3)cc12. The predicted molar refractivity (Wildman–Crippen MR) is 151 cm³/mol. The van der Waals surface area contributed by atoms with E-state index in [-0.39, 0.29) is 46.1 Å². The molecule has 1 aliphatic carbocycles. The lowest BCUT2D eigenvalue weighted by atomic mass is 9.97. The normalized spacial score (nSPS) is 13.0. The van der Waals surface area contributed by atoms with Crippen molar-refractivity contribution in [2.45, 2.75) is 25.3 Å². The number of carbonyl (C=O) groups excluding carboxylic acids is 2. The average Bonchev–Trinajstić information content (AvgIpc) is 3.72. The number of nitrogens with one attached hydrogen (secondary N) is 1. The number of benzene rings is 3. The number of nitrogens with zero attached hydrogens (tertiary/aromatic N) is 1. The number of rotatable bonds is 8. The maximum absolute atomic E-state index is 13.6. The lowest BCUT2D eigenvalue weighted by Gasteiger charge is -2.21. The number of furan rings is 1. The van der Waals surface area contributed by atoms with Gasteiger partial charge in [-0.1, -0.05) is 11.6 Å². The number of ether oxygens (including phenoxy) is 1. The number of nitrogen functional groups attached to an aromatic ring is 1. The molecule has 1 aromatic heterocycles. The standard InChI is InChI=1S/C28H25ClFN3O6S/c1-32-27(34)24-20-12-19(14-3-4-14)16(9-23(20)39-26(24)15-5-7-17(30)8-6-15)13-33(40(36)37)18-10-21(28(35)38-2)25(31)22(29)11-18/h5-12,14,40H,3-4,13,31H2,1-2H3,(H,32,34). The van der Waals surface area contributed by atoms with Gasteiger partial charge in [0.05, 0.1) is 41.2 Å². The van der Waals surface area contributed by atoms with Crippen LogP contribution in [0, 0.1) is 5.82 Å². The first-order chi connectivity index (χ1) is 19.1. The number of halogens is 2. The molecule has 0 radical (unpaired) electrons. The molecule has 1 heterocycles. The highest BCUT2D eigenvalue weighted by Gasteiger charge is 2.30. The van der Waals surface area contributed by atoms with Gasteiger partial charge in [-0.2, -0.15) is 0 Å². The summed E-state index contributed by atoms with van der Waals surface area (Å²) in [4.78, 5) is 25.2. The van der Waals surface area contributed by atoms with Crippen molar-refractivity contribution < 1.29 is 31.6 Å². The Hall–Kier alpha value is -4.09. The molecule has 1 aliphatic rings. The summed E-state index contributed by atoms with van der Waals surface area (Å²) in [6, 6.07) is 11.9. The summed E-state index contributed by atoms with van der Waals surface area (Å²) in [7, 11) is -0.487. The molecule has 1 fully saturated rings. The number of fused-ring (bicyclic) bond motifs is 1. The van der Waals surface area contributed by atoms with Crippen molar-refractivity contribution in [1.82, 2.24) is 5.32 Å². The van der Waals surface area contributed by atoms with Gasteiger partial charge in [0.2, 0.25) is 10.9 Å². The van der Waals surface area contributed by atoms with E-state index < -0.39 is 22.7 Å². The molecule has 0 bridgehead atoms.